The number of aliphatic hydroxyl groups is 1. The summed E-state index contributed by atoms with van der Waals surface area (Å²) in [6.07, 6.45) is 7.35. The van der Waals surface area contributed by atoms with Crippen molar-refractivity contribution in [2.24, 2.45) is 0 Å². The highest BCUT2D eigenvalue weighted by atomic mass is 16.2. The number of aliphatic hydroxyl groups excluding tert-OH is 1. The Morgan fingerprint density at radius 1 is 0.917 bits per heavy atom. The van der Waals surface area contributed by atoms with Crippen LogP contribution in [0.3, 0.4) is 0 Å². The van der Waals surface area contributed by atoms with E-state index < -0.39 is 0 Å². The Morgan fingerprint density at radius 2 is 1.58 bits per heavy atom. The molecule has 0 aromatic rings. The van der Waals surface area contributed by atoms with E-state index in [4.69, 9.17) is 5.11 Å². The third kappa shape index (κ3) is 9.92. The molecule has 0 aliphatic heterocycles. The van der Waals surface area contributed by atoms with Crippen molar-refractivity contribution in [1.82, 2.24) is 5.32 Å². The maximum Gasteiger partial charge on any atom is 0.0431 e. The fourth-order valence-electron chi connectivity index (χ4n) is 1.16. The molecule has 0 aromatic heterocycles. The second-order valence-electron chi connectivity index (χ2n) is 3.24. The summed E-state index contributed by atoms with van der Waals surface area (Å²) in [5.74, 6) is 0. The first-order valence-corrected chi connectivity index (χ1v) is 5.23. The highest BCUT2D eigenvalue weighted by Crippen LogP contribution is 1.96. The number of rotatable bonds is 9. The molecule has 0 fully saturated rings. The standard InChI is InChI=1S/C10H23NO/c1-2-3-4-5-8-11-9-6-7-10-12/h11-12H,2-10H2,1H3. The van der Waals surface area contributed by atoms with Gasteiger partial charge in [0.15, 0.2) is 0 Å². The summed E-state index contributed by atoms with van der Waals surface area (Å²) in [6.45, 7) is 4.77. The Bertz CT molecular complexity index is 66.2. The molecule has 12 heavy (non-hydrogen) atoms. The highest BCUT2D eigenvalue weighted by molar-refractivity contribution is 4.48. The van der Waals surface area contributed by atoms with Crippen LogP contribution in [0, 0.1) is 0 Å². The van der Waals surface area contributed by atoms with Crippen molar-refractivity contribution in [3.63, 3.8) is 0 Å². The molecule has 0 aliphatic rings. The summed E-state index contributed by atoms with van der Waals surface area (Å²) in [6, 6.07) is 0. The summed E-state index contributed by atoms with van der Waals surface area (Å²) in [5, 5.41) is 11.9. The molecule has 2 nitrogen and oxygen atoms in total. The summed E-state index contributed by atoms with van der Waals surface area (Å²) < 4.78 is 0. The van der Waals surface area contributed by atoms with Crippen molar-refractivity contribution in [2.45, 2.75) is 45.4 Å². The minimum absolute atomic E-state index is 0.331. The molecular formula is C10H23NO. The maximum absolute atomic E-state index is 8.51. The zero-order chi connectivity index (χ0) is 9.07. The summed E-state index contributed by atoms with van der Waals surface area (Å²) >= 11 is 0. The third-order valence-corrected chi connectivity index (χ3v) is 1.97. The first kappa shape index (κ1) is 11.9. The van der Waals surface area contributed by atoms with Crippen LogP contribution in [0.25, 0.3) is 0 Å². The van der Waals surface area contributed by atoms with E-state index in [2.05, 4.69) is 12.2 Å². The van der Waals surface area contributed by atoms with Crippen molar-refractivity contribution in [3.8, 4) is 0 Å². The molecule has 0 saturated carbocycles. The lowest BCUT2D eigenvalue weighted by Crippen LogP contribution is -2.16. The van der Waals surface area contributed by atoms with Gasteiger partial charge >= 0.3 is 0 Å². The SMILES string of the molecule is CCCCCCNCCCCO. The molecule has 0 rings (SSSR count). The first-order valence-electron chi connectivity index (χ1n) is 5.23. The summed E-state index contributed by atoms with van der Waals surface area (Å²) in [5.41, 5.74) is 0. The van der Waals surface area contributed by atoms with Crippen LogP contribution in [0.5, 0.6) is 0 Å². The lowest BCUT2D eigenvalue weighted by molar-refractivity contribution is 0.283. The van der Waals surface area contributed by atoms with E-state index in [0.29, 0.717) is 6.61 Å². The largest absolute Gasteiger partial charge is 0.396 e. The minimum Gasteiger partial charge on any atom is -0.396 e. The number of unbranched alkanes of at least 4 members (excludes halogenated alkanes) is 4. The van der Waals surface area contributed by atoms with Crippen LogP contribution in [0.4, 0.5) is 0 Å². The average molecular weight is 173 g/mol. The Balaban J connectivity index is 2.73. The number of hydrogen-bond acceptors (Lipinski definition) is 2. The fourth-order valence-corrected chi connectivity index (χ4v) is 1.16. The normalized spacial score (nSPS) is 10.5. The predicted molar refractivity (Wildman–Crippen MR) is 53.3 cm³/mol. The van der Waals surface area contributed by atoms with Gasteiger partial charge in [0.2, 0.25) is 0 Å². The Labute approximate surface area is 76.4 Å². The van der Waals surface area contributed by atoms with E-state index in [1.807, 2.05) is 0 Å². The van der Waals surface area contributed by atoms with E-state index in [1.54, 1.807) is 0 Å². The molecule has 0 unspecified atom stereocenters. The van der Waals surface area contributed by atoms with Gasteiger partial charge in [0.05, 0.1) is 0 Å². The van der Waals surface area contributed by atoms with Crippen LogP contribution in [0.2, 0.25) is 0 Å². The molecule has 0 radical (unpaired) electrons. The molecular weight excluding hydrogens is 150 g/mol. The van der Waals surface area contributed by atoms with Gasteiger partial charge in [-0.25, -0.2) is 0 Å². The van der Waals surface area contributed by atoms with Gasteiger partial charge in [-0.1, -0.05) is 26.2 Å². The number of nitrogens with one attached hydrogen (secondary N) is 1. The average Bonchev–Trinajstić information content (AvgIpc) is 2.10. The molecule has 0 amide bonds. The zero-order valence-electron chi connectivity index (χ0n) is 8.31. The van der Waals surface area contributed by atoms with Crippen LogP contribution < -0.4 is 5.32 Å². The van der Waals surface area contributed by atoms with Crippen LogP contribution in [0.15, 0.2) is 0 Å². The number of hydrogen-bond donors (Lipinski definition) is 2. The van der Waals surface area contributed by atoms with E-state index in [-0.39, 0.29) is 0 Å². The van der Waals surface area contributed by atoms with E-state index in [0.717, 1.165) is 25.9 Å². The molecule has 2 heteroatoms. The lowest BCUT2D eigenvalue weighted by Gasteiger charge is -2.02. The van der Waals surface area contributed by atoms with E-state index >= 15 is 0 Å². The van der Waals surface area contributed by atoms with Gasteiger partial charge in [-0.15, -0.1) is 0 Å². The van der Waals surface area contributed by atoms with Gasteiger partial charge in [0, 0.05) is 6.61 Å². The Morgan fingerprint density at radius 3 is 2.17 bits per heavy atom. The van der Waals surface area contributed by atoms with Crippen molar-refractivity contribution in [1.29, 1.82) is 0 Å². The quantitative estimate of drug-likeness (QED) is 0.522. The lowest BCUT2D eigenvalue weighted by atomic mass is 10.2. The monoisotopic (exact) mass is 173 g/mol. The van der Waals surface area contributed by atoms with Crippen LogP contribution in [-0.2, 0) is 0 Å². The van der Waals surface area contributed by atoms with Crippen LogP contribution >= 0.6 is 0 Å². The molecule has 74 valence electrons. The van der Waals surface area contributed by atoms with Crippen molar-refractivity contribution >= 4 is 0 Å². The molecule has 0 bridgehead atoms. The Hall–Kier alpha value is -0.0800. The van der Waals surface area contributed by atoms with Crippen LogP contribution in [-0.4, -0.2) is 24.8 Å². The molecule has 0 spiro atoms. The van der Waals surface area contributed by atoms with Crippen molar-refractivity contribution < 1.29 is 5.11 Å². The molecule has 0 saturated heterocycles. The minimum atomic E-state index is 0.331. The molecule has 0 heterocycles. The third-order valence-electron chi connectivity index (χ3n) is 1.97. The van der Waals surface area contributed by atoms with Crippen LogP contribution in [0.1, 0.15) is 45.4 Å². The van der Waals surface area contributed by atoms with Gasteiger partial charge < -0.3 is 10.4 Å². The summed E-state index contributed by atoms with van der Waals surface area (Å²) in [7, 11) is 0. The van der Waals surface area contributed by atoms with Gasteiger partial charge in [-0.2, -0.15) is 0 Å². The van der Waals surface area contributed by atoms with E-state index in [9.17, 15) is 0 Å². The van der Waals surface area contributed by atoms with Gasteiger partial charge in [0.25, 0.3) is 0 Å². The van der Waals surface area contributed by atoms with Crippen molar-refractivity contribution in [3.05, 3.63) is 0 Å². The highest BCUT2D eigenvalue weighted by Gasteiger charge is 1.88. The van der Waals surface area contributed by atoms with Crippen molar-refractivity contribution in [2.75, 3.05) is 19.7 Å². The predicted octanol–water partition coefficient (Wildman–Crippen LogP) is 1.93. The zero-order valence-corrected chi connectivity index (χ0v) is 8.31. The van der Waals surface area contributed by atoms with E-state index in [1.165, 1.54) is 25.7 Å². The molecule has 0 aliphatic carbocycles. The molecule has 0 atom stereocenters. The maximum atomic E-state index is 8.51. The van der Waals surface area contributed by atoms with Gasteiger partial charge in [-0.05, 0) is 32.4 Å². The summed E-state index contributed by atoms with van der Waals surface area (Å²) in [4.78, 5) is 0. The fraction of sp³-hybridized carbons (Fsp3) is 1.00. The molecule has 0 aromatic carbocycles. The smallest absolute Gasteiger partial charge is 0.0431 e. The van der Waals surface area contributed by atoms with Gasteiger partial charge in [0.1, 0.15) is 0 Å². The molecule has 2 N–H and O–H groups in total. The Kier molecular flexibility index (Phi) is 10.8. The van der Waals surface area contributed by atoms with Gasteiger partial charge in [-0.3, -0.25) is 0 Å². The second kappa shape index (κ2) is 10.9. The topological polar surface area (TPSA) is 32.3 Å². The second-order valence-corrected chi connectivity index (χ2v) is 3.24. The first-order chi connectivity index (χ1) is 5.91.